The molecule has 8 nitrogen and oxygen atoms in total. The number of carbonyl (C=O) groups is 3. The molecule has 0 spiro atoms. The lowest BCUT2D eigenvalue weighted by Gasteiger charge is -2.01. The number of aliphatic hydroxyl groups is 1. The summed E-state index contributed by atoms with van der Waals surface area (Å²) in [5.74, 6) is -3.38. The predicted molar refractivity (Wildman–Crippen MR) is 51.8 cm³/mol. The molecular formula is C8H15NO7. The van der Waals surface area contributed by atoms with Crippen LogP contribution in [0.5, 0.6) is 0 Å². The van der Waals surface area contributed by atoms with Gasteiger partial charge in [0, 0.05) is 6.42 Å². The van der Waals surface area contributed by atoms with Crippen LogP contribution in [0, 0.1) is 0 Å². The summed E-state index contributed by atoms with van der Waals surface area (Å²) in [5.41, 5.74) is 5.00. The van der Waals surface area contributed by atoms with Gasteiger partial charge in [0.05, 0.1) is 0 Å². The Labute approximate surface area is 91.3 Å². The Morgan fingerprint density at radius 3 is 1.69 bits per heavy atom. The highest BCUT2D eigenvalue weighted by Crippen LogP contribution is 1.93. The van der Waals surface area contributed by atoms with E-state index in [4.69, 9.17) is 26.2 Å². The molecule has 0 saturated carbocycles. The van der Waals surface area contributed by atoms with Crippen molar-refractivity contribution in [1.82, 2.24) is 0 Å². The van der Waals surface area contributed by atoms with Gasteiger partial charge in [0.25, 0.3) is 0 Å². The molecule has 0 heterocycles. The maximum Gasteiger partial charge on any atom is 0.332 e. The van der Waals surface area contributed by atoms with E-state index in [9.17, 15) is 14.4 Å². The summed E-state index contributed by atoms with van der Waals surface area (Å²) in [6.45, 7) is 1.20. The highest BCUT2D eigenvalue weighted by molar-refractivity contribution is 5.74. The number of aliphatic carboxylic acids is 3. The summed E-state index contributed by atoms with van der Waals surface area (Å²) in [6, 6.07) is -1.06. The molecule has 0 aromatic carbocycles. The van der Waals surface area contributed by atoms with Gasteiger partial charge in [-0.25, -0.2) is 4.79 Å². The monoisotopic (exact) mass is 237 g/mol. The standard InChI is InChI=1S/C5H9NO4.C3H6O3/c6-3(5(9)10)1-2-4(7)8;1-2(4)3(5)6/h3H,1-2,6H2,(H,7,8)(H,9,10);2,4H,1H3,(H,5,6). The predicted octanol–water partition coefficient (Wildman–Crippen LogP) is -1.29. The minimum Gasteiger partial charge on any atom is -0.481 e. The summed E-state index contributed by atoms with van der Waals surface area (Å²) in [4.78, 5) is 29.3. The molecule has 0 aromatic rings. The lowest BCUT2D eigenvalue weighted by molar-refractivity contribution is -0.145. The maximum atomic E-state index is 9.99. The van der Waals surface area contributed by atoms with E-state index in [0.29, 0.717) is 0 Å². The van der Waals surface area contributed by atoms with Gasteiger partial charge in [-0.1, -0.05) is 0 Å². The van der Waals surface area contributed by atoms with Crippen molar-refractivity contribution < 1.29 is 34.8 Å². The number of hydrogen-bond acceptors (Lipinski definition) is 5. The number of rotatable bonds is 5. The zero-order valence-corrected chi connectivity index (χ0v) is 8.66. The molecule has 0 rings (SSSR count). The lowest BCUT2D eigenvalue weighted by Crippen LogP contribution is -2.30. The Bertz CT molecular complexity index is 251. The number of carboxylic acid groups (broad SMARTS) is 3. The van der Waals surface area contributed by atoms with Crippen LogP contribution in [0.15, 0.2) is 0 Å². The normalized spacial score (nSPS) is 12.9. The highest BCUT2D eigenvalue weighted by Gasteiger charge is 2.12. The molecule has 0 aliphatic heterocycles. The summed E-state index contributed by atoms with van der Waals surface area (Å²) in [5, 5.41) is 32.0. The SMILES string of the molecule is CC(O)C(=O)O.NC(CCC(=O)O)C(=O)O. The molecule has 6 N–H and O–H groups in total. The van der Waals surface area contributed by atoms with Crippen LogP contribution in [-0.2, 0) is 14.4 Å². The van der Waals surface area contributed by atoms with Gasteiger partial charge in [-0.15, -0.1) is 0 Å². The summed E-state index contributed by atoms with van der Waals surface area (Å²) in [6.07, 6.45) is -1.46. The van der Waals surface area contributed by atoms with Gasteiger partial charge in [-0.3, -0.25) is 9.59 Å². The molecule has 0 fully saturated rings. The number of nitrogens with two attached hydrogens (primary N) is 1. The average molecular weight is 237 g/mol. The van der Waals surface area contributed by atoms with Crippen molar-refractivity contribution in [3.8, 4) is 0 Å². The molecule has 2 atom stereocenters. The van der Waals surface area contributed by atoms with Crippen molar-refractivity contribution in [3.63, 3.8) is 0 Å². The fraction of sp³-hybridized carbons (Fsp3) is 0.625. The van der Waals surface area contributed by atoms with Crippen LogP contribution in [0.3, 0.4) is 0 Å². The molecule has 0 amide bonds. The fourth-order valence-electron chi connectivity index (χ4n) is 0.402. The zero-order chi connectivity index (χ0) is 13.3. The van der Waals surface area contributed by atoms with E-state index >= 15 is 0 Å². The first kappa shape index (κ1) is 16.7. The lowest BCUT2D eigenvalue weighted by atomic mass is 10.2. The molecular weight excluding hydrogens is 222 g/mol. The third-order valence-corrected chi connectivity index (χ3v) is 1.34. The topological polar surface area (TPSA) is 158 Å². The molecule has 0 aliphatic carbocycles. The third kappa shape index (κ3) is 12.3. The zero-order valence-electron chi connectivity index (χ0n) is 8.66. The van der Waals surface area contributed by atoms with Crippen LogP contribution in [0.2, 0.25) is 0 Å². The smallest absolute Gasteiger partial charge is 0.332 e. The minimum absolute atomic E-state index is 0.0231. The largest absolute Gasteiger partial charge is 0.481 e. The van der Waals surface area contributed by atoms with Crippen molar-refractivity contribution in [2.24, 2.45) is 5.73 Å². The Hall–Kier alpha value is -1.67. The van der Waals surface area contributed by atoms with Crippen molar-refractivity contribution in [2.75, 3.05) is 0 Å². The second-order valence-electron chi connectivity index (χ2n) is 2.89. The van der Waals surface area contributed by atoms with E-state index < -0.39 is 30.1 Å². The average Bonchev–Trinajstić information content (AvgIpc) is 2.14. The molecule has 0 bridgehead atoms. The fourth-order valence-corrected chi connectivity index (χ4v) is 0.402. The van der Waals surface area contributed by atoms with Gasteiger partial charge >= 0.3 is 17.9 Å². The van der Waals surface area contributed by atoms with E-state index in [2.05, 4.69) is 0 Å². The number of carboxylic acids is 3. The van der Waals surface area contributed by atoms with Gasteiger partial charge < -0.3 is 26.2 Å². The van der Waals surface area contributed by atoms with Gasteiger partial charge in [0.1, 0.15) is 12.1 Å². The first-order valence-corrected chi connectivity index (χ1v) is 4.29. The number of aliphatic hydroxyl groups excluding tert-OH is 1. The molecule has 0 aliphatic rings. The van der Waals surface area contributed by atoms with Gasteiger partial charge in [-0.05, 0) is 13.3 Å². The highest BCUT2D eigenvalue weighted by atomic mass is 16.4. The maximum absolute atomic E-state index is 9.99. The number of hydrogen-bond donors (Lipinski definition) is 5. The van der Waals surface area contributed by atoms with Gasteiger partial charge in [0.2, 0.25) is 0 Å². The van der Waals surface area contributed by atoms with Crippen LogP contribution >= 0.6 is 0 Å². The van der Waals surface area contributed by atoms with Crippen molar-refractivity contribution in [2.45, 2.75) is 31.9 Å². The van der Waals surface area contributed by atoms with Gasteiger partial charge in [0.15, 0.2) is 0 Å². The quantitative estimate of drug-likeness (QED) is 0.395. The van der Waals surface area contributed by atoms with Crippen LogP contribution in [0.25, 0.3) is 0 Å². The van der Waals surface area contributed by atoms with Crippen LogP contribution < -0.4 is 5.73 Å². The Balaban J connectivity index is 0. The third-order valence-electron chi connectivity index (χ3n) is 1.34. The van der Waals surface area contributed by atoms with E-state index in [0.717, 1.165) is 0 Å². The molecule has 0 aromatic heterocycles. The van der Waals surface area contributed by atoms with Crippen molar-refractivity contribution in [3.05, 3.63) is 0 Å². The minimum atomic E-state index is -1.23. The van der Waals surface area contributed by atoms with E-state index in [1.807, 2.05) is 0 Å². The van der Waals surface area contributed by atoms with Gasteiger partial charge in [-0.2, -0.15) is 0 Å². The Morgan fingerprint density at radius 2 is 1.50 bits per heavy atom. The molecule has 0 radical (unpaired) electrons. The summed E-state index contributed by atoms with van der Waals surface area (Å²) >= 11 is 0. The van der Waals surface area contributed by atoms with E-state index in [1.165, 1.54) is 6.92 Å². The van der Waals surface area contributed by atoms with Crippen LogP contribution in [0.1, 0.15) is 19.8 Å². The van der Waals surface area contributed by atoms with Crippen molar-refractivity contribution >= 4 is 17.9 Å². The second-order valence-corrected chi connectivity index (χ2v) is 2.89. The first-order valence-electron chi connectivity index (χ1n) is 4.29. The van der Waals surface area contributed by atoms with Crippen LogP contribution in [0.4, 0.5) is 0 Å². The molecule has 94 valence electrons. The molecule has 2 unspecified atom stereocenters. The Morgan fingerprint density at radius 1 is 1.12 bits per heavy atom. The van der Waals surface area contributed by atoms with Crippen LogP contribution in [-0.4, -0.2) is 50.5 Å². The first-order chi connectivity index (χ1) is 7.18. The van der Waals surface area contributed by atoms with Crippen molar-refractivity contribution in [1.29, 1.82) is 0 Å². The summed E-state index contributed by atoms with van der Waals surface area (Å²) < 4.78 is 0. The Kier molecular flexibility index (Phi) is 9.03. The van der Waals surface area contributed by atoms with E-state index in [-0.39, 0.29) is 12.8 Å². The van der Waals surface area contributed by atoms with E-state index in [1.54, 1.807) is 0 Å². The second kappa shape index (κ2) is 8.62. The molecule has 16 heavy (non-hydrogen) atoms. The summed E-state index contributed by atoms with van der Waals surface area (Å²) in [7, 11) is 0. The molecule has 8 heteroatoms. The molecule has 0 saturated heterocycles.